The van der Waals surface area contributed by atoms with E-state index >= 15 is 0 Å². The lowest BCUT2D eigenvalue weighted by atomic mass is 9.70. The van der Waals surface area contributed by atoms with Crippen LogP contribution in [0.15, 0.2) is 36.4 Å². The maximum absolute atomic E-state index is 10.7. The van der Waals surface area contributed by atoms with Crippen molar-refractivity contribution in [1.29, 1.82) is 0 Å². The first-order valence-electron chi connectivity index (χ1n) is 12.9. The van der Waals surface area contributed by atoms with E-state index < -0.39 is 18.2 Å². The molecule has 0 radical (unpaired) electrons. The van der Waals surface area contributed by atoms with Crippen LogP contribution in [0.1, 0.15) is 82.6 Å². The molecule has 1 unspecified atom stereocenters. The molecule has 0 saturated carbocycles. The fraction of sp³-hybridized carbons (Fsp3) is 0.567. The number of aliphatic hydroxyl groups excluding tert-OH is 2. The van der Waals surface area contributed by atoms with Crippen LogP contribution < -0.4 is 9.47 Å². The molecule has 2 rings (SSSR count). The molecule has 0 saturated heterocycles. The number of hydrogen-bond acceptors (Lipinski definition) is 5. The summed E-state index contributed by atoms with van der Waals surface area (Å²) in [5.41, 5.74) is 3.99. The summed E-state index contributed by atoms with van der Waals surface area (Å²) < 4.78 is 11.8. The second kappa shape index (κ2) is 12.6. The fourth-order valence-corrected chi connectivity index (χ4v) is 4.43. The summed E-state index contributed by atoms with van der Waals surface area (Å²) in [5.74, 6) is 0.540. The van der Waals surface area contributed by atoms with E-state index in [0.717, 1.165) is 29.7 Å². The van der Waals surface area contributed by atoms with Crippen molar-refractivity contribution in [2.75, 3.05) is 13.2 Å². The molecule has 0 spiro atoms. The normalized spacial score (nSPS) is 13.8. The predicted molar refractivity (Wildman–Crippen MR) is 143 cm³/mol. The highest BCUT2D eigenvalue weighted by Gasteiger charge is 2.32. The lowest BCUT2D eigenvalue weighted by Crippen LogP contribution is -2.32. The SMILES string of the molecule is CCC(CC)(c1ccc(OCC(O)C(C)(C)C)c(C)c1)c1ccc(OC[C@@H](O)CCC(=O)O)c(C)c1. The highest BCUT2D eigenvalue weighted by Crippen LogP contribution is 2.41. The van der Waals surface area contributed by atoms with Gasteiger partial charge in [0, 0.05) is 11.8 Å². The largest absolute Gasteiger partial charge is 0.491 e. The van der Waals surface area contributed by atoms with E-state index in [4.69, 9.17) is 14.6 Å². The first-order chi connectivity index (χ1) is 16.8. The van der Waals surface area contributed by atoms with Gasteiger partial charge in [-0.3, -0.25) is 4.79 Å². The Hall–Kier alpha value is -2.57. The van der Waals surface area contributed by atoms with Crippen LogP contribution in [0.4, 0.5) is 0 Å². The average molecular weight is 501 g/mol. The van der Waals surface area contributed by atoms with Crippen LogP contribution in [0.25, 0.3) is 0 Å². The Morgan fingerprint density at radius 2 is 1.33 bits per heavy atom. The van der Waals surface area contributed by atoms with E-state index in [1.807, 2.05) is 46.8 Å². The van der Waals surface area contributed by atoms with Crippen molar-refractivity contribution < 1.29 is 29.6 Å². The molecule has 6 nitrogen and oxygen atoms in total. The van der Waals surface area contributed by atoms with E-state index in [-0.39, 0.29) is 36.9 Å². The third-order valence-corrected chi connectivity index (χ3v) is 7.18. The molecule has 0 heterocycles. The minimum atomic E-state index is -0.928. The van der Waals surface area contributed by atoms with Gasteiger partial charge in [-0.15, -0.1) is 0 Å². The molecular weight excluding hydrogens is 456 g/mol. The van der Waals surface area contributed by atoms with E-state index in [1.165, 1.54) is 11.1 Å². The number of aryl methyl sites for hydroxylation is 2. The number of benzene rings is 2. The predicted octanol–water partition coefficient (Wildman–Crippen LogP) is 5.80. The van der Waals surface area contributed by atoms with Crippen LogP contribution in [-0.2, 0) is 10.2 Å². The number of hydrogen-bond donors (Lipinski definition) is 3. The number of aliphatic hydroxyl groups is 2. The molecule has 2 aromatic carbocycles. The highest BCUT2D eigenvalue weighted by atomic mass is 16.5. The van der Waals surface area contributed by atoms with Gasteiger partial charge in [-0.25, -0.2) is 0 Å². The molecule has 36 heavy (non-hydrogen) atoms. The van der Waals surface area contributed by atoms with Gasteiger partial charge in [-0.2, -0.15) is 0 Å². The van der Waals surface area contributed by atoms with Crippen LogP contribution in [0.3, 0.4) is 0 Å². The summed E-state index contributed by atoms with van der Waals surface area (Å²) in [4.78, 5) is 10.7. The number of carboxylic acid groups (broad SMARTS) is 1. The van der Waals surface area contributed by atoms with Crippen LogP contribution in [0, 0.1) is 19.3 Å². The quantitative estimate of drug-likeness (QED) is 0.322. The first-order valence-corrected chi connectivity index (χ1v) is 12.9. The summed E-state index contributed by atoms with van der Waals surface area (Å²) in [6.07, 6.45) is 0.537. The molecule has 0 fully saturated rings. The second-order valence-corrected chi connectivity index (χ2v) is 10.8. The molecule has 2 atom stereocenters. The minimum absolute atomic E-state index is 0.0603. The Labute approximate surface area is 216 Å². The Kier molecular flexibility index (Phi) is 10.4. The highest BCUT2D eigenvalue weighted by molar-refractivity contribution is 5.66. The number of carboxylic acids is 1. The smallest absolute Gasteiger partial charge is 0.303 e. The number of aliphatic carboxylic acids is 1. The van der Waals surface area contributed by atoms with Gasteiger partial charge in [-0.1, -0.05) is 58.9 Å². The standard InChI is InChI=1S/C30H44O6/c1-8-30(9-2,23-11-14-26(21(4)17-23)36-19-27(32)29(5,6)7)22-10-13-25(20(3)16-22)35-18-24(31)12-15-28(33)34/h10-11,13-14,16-17,24,27,31-32H,8-9,12,15,18-19H2,1-7H3,(H,33,34)/t24-,27?/m0/s1. The minimum Gasteiger partial charge on any atom is -0.491 e. The summed E-state index contributed by atoms with van der Waals surface area (Å²) in [7, 11) is 0. The Morgan fingerprint density at radius 3 is 1.72 bits per heavy atom. The summed E-state index contributed by atoms with van der Waals surface area (Å²) in [6, 6.07) is 12.5. The van der Waals surface area contributed by atoms with Gasteiger partial charge in [0.05, 0.1) is 12.2 Å². The summed E-state index contributed by atoms with van der Waals surface area (Å²) in [6.45, 7) is 14.7. The second-order valence-electron chi connectivity index (χ2n) is 10.8. The Morgan fingerprint density at radius 1 is 0.861 bits per heavy atom. The Balaban J connectivity index is 2.23. The van der Waals surface area contributed by atoms with Gasteiger partial charge in [0.1, 0.15) is 24.7 Å². The van der Waals surface area contributed by atoms with Gasteiger partial charge in [0.25, 0.3) is 0 Å². The molecular formula is C30H44O6. The van der Waals surface area contributed by atoms with Gasteiger partial charge < -0.3 is 24.8 Å². The lowest BCUT2D eigenvalue weighted by molar-refractivity contribution is -0.137. The van der Waals surface area contributed by atoms with Gasteiger partial charge in [0.15, 0.2) is 0 Å². The molecule has 0 aliphatic carbocycles. The van der Waals surface area contributed by atoms with Crippen LogP contribution in [-0.4, -0.2) is 46.7 Å². The number of carbonyl (C=O) groups is 1. The monoisotopic (exact) mass is 500 g/mol. The zero-order valence-electron chi connectivity index (χ0n) is 22.9. The molecule has 6 heteroatoms. The maximum atomic E-state index is 10.7. The lowest BCUT2D eigenvalue weighted by Gasteiger charge is -2.34. The van der Waals surface area contributed by atoms with E-state index in [0.29, 0.717) is 5.75 Å². The molecule has 3 N–H and O–H groups in total. The summed E-state index contributed by atoms with van der Waals surface area (Å²) in [5, 5.41) is 29.1. The topological polar surface area (TPSA) is 96.2 Å². The fourth-order valence-electron chi connectivity index (χ4n) is 4.43. The van der Waals surface area contributed by atoms with Crippen molar-refractivity contribution in [3.05, 3.63) is 58.7 Å². The third-order valence-electron chi connectivity index (χ3n) is 7.18. The molecule has 0 amide bonds. The van der Waals surface area contributed by atoms with Crippen molar-refractivity contribution in [1.82, 2.24) is 0 Å². The van der Waals surface area contributed by atoms with Gasteiger partial charge in [-0.05, 0) is 72.9 Å². The molecule has 0 aliphatic heterocycles. The van der Waals surface area contributed by atoms with Crippen LogP contribution >= 0.6 is 0 Å². The molecule has 0 bridgehead atoms. The Bertz CT molecular complexity index is 1000. The first kappa shape index (κ1) is 29.7. The zero-order valence-corrected chi connectivity index (χ0v) is 22.9. The van der Waals surface area contributed by atoms with Gasteiger partial charge >= 0.3 is 5.97 Å². The van der Waals surface area contributed by atoms with Gasteiger partial charge in [0.2, 0.25) is 0 Å². The van der Waals surface area contributed by atoms with Crippen molar-refractivity contribution in [2.24, 2.45) is 5.41 Å². The zero-order chi connectivity index (χ0) is 27.1. The molecule has 0 aliphatic rings. The summed E-state index contributed by atoms with van der Waals surface area (Å²) >= 11 is 0. The molecule has 200 valence electrons. The average Bonchev–Trinajstić information content (AvgIpc) is 2.82. The molecule has 0 aromatic heterocycles. The third kappa shape index (κ3) is 7.47. The van der Waals surface area contributed by atoms with E-state index in [2.05, 4.69) is 38.1 Å². The molecule has 2 aromatic rings. The van der Waals surface area contributed by atoms with Crippen molar-refractivity contribution in [3.63, 3.8) is 0 Å². The van der Waals surface area contributed by atoms with Crippen molar-refractivity contribution in [2.45, 2.75) is 91.8 Å². The van der Waals surface area contributed by atoms with Crippen molar-refractivity contribution >= 4 is 5.97 Å². The van der Waals surface area contributed by atoms with E-state index in [1.54, 1.807) is 0 Å². The van der Waals surface area contributed by atoms with E-state index in [9.17, 15) is 15.0 Å². The maximum Gasteiger partial charge on any atom is 0.303 e. The van der Waals surface area contributed by atoms with Crippen LogP contribution in [0.2, 0.25) is 0 Å². The van der Waals surface area contributed by atoms with Crippen LogP contribution in [0.5, 0.6) is 11.5 Å². The number of ether oxygens (including phenoxy) is 2. The number of rotatable bonds is 13. The van der Waals surface area contributed by atoms with Crippen molar-refractivity contribution in [3.8, 4) is 11.5 Å².